The summed E-state index contributed by atoms with van der Waals surface area (Å²) in [7, 11) is 1.63. The van der Waals surface area contributed by atoms with Crippen LogP contribution in [0.25, 0.3) is 0 Å². The Balaban J connectivity index is 1.93. The summed E-state index contributed by atoms with van der Waals surface area (Å²) < 4.78 is 5.11. The third-order valence-corrected chi connectivity index (χ3v) is 3.89. The standard InChI is InChI=1S/C17H18O2S/c1-13(20-16-6-4-3-5-7-16)12-17(18)14-8-10-15(19-2)11-9-14/h3-11,17-18H,1,12H2,2H3. The molecule has 0 bridgehead atoms. The molecule has 1 N–H and O–H groups in total. The number of benzene rings is 2. The number of thioether (sulfide) groups is 1. The molecule has 0 aromatic heterocycles. The smallest absolute Gasteiger partial charge is 0.118 e. The molecule has 2 aromatic carbocycles. The average Bonchev–Trinajstić information content (AvgIpc) is 2.48. The molecule has 104 valence electrons. The Bertz CT molecular complexity index is 549. The fourth-order valence-corrected chi connectivity index (χ4v) is 2.72. The maximum Gasteiger partial charge on any atom is 0.118 e. The lowest BCUT2D eigenvalue weighted by Gasteiger charge is -2.13. The Hall–Kier alpha value is -1.71. The van der Waals surface area contributed by atoms with Gasteiger partial charge in [-0.1, -0.05) is 48.7 Å². The SMILES string of the molecule is C=C(CC(O)c1ccc(OC)cc1)Sc1ccccc1. The lowest BCUT2D eigenvalue weighted by Crippen LogP contribution is -1.97. The van der Waals surface area contributed by atoms with Crippen LogP contribution < -0.4 is 4.74 Å². The second-order valence-corrected chi connectivity index (χ2v) is 5.70. The third kappa shape index (κ3) is 4.15. The zero-order valence-corrected chi connectivity index (χ0v) is 12.3. The van der Waals surface area contributed by atoms with E-state index in [1.54, 1.807) is 18.9 Å². The maximum atomic E-state index is 10.2. The molecule has 2 rings (SSSR count). The van der Waals surface area contributed by atoms with E-state index in [-0.39, 0.29) is 0 Å². The number of aliphatic hydroxyl groups is 1. The molecule has 0 aliphatic carbocycles. The highest BCUT2D eigenvalue weighted by Gasteiger charge is 2.10. The predicted molar refractivity (Wildman–Crippen MR) is 84.0 cm³/mol. The van der Waals surface area contributed by atoms with Crippen molar-refractivity contribution in [2.45, 2.75) is 17.4 Å². The summed E-state index contributed by atoms with van der Waals surface area (Å²) in [6.07, 6.45) is -0.00377. The van der Waals surface area contributed by atoms with Crippen molar-refractivity contribution in [3.63, 3.8) is 0 Å². The lowest BCUT2D eigenvalue weighted by molar-refractivity contribution is 0.180. The Labute approximate surface area is 124 Å². The first kappa shape index (κ1) is 14.7. The van der Waals surface area contributed by atoms with Crippen LogP contribution in [0.1, 0.15) is 18.1 Å². The number of methoxy groups -OCH3 is 1. The normalized spacial score (nSPS) is 11.9. The van der Waals surface area contributed by atoms with E-state index in [0.717, 1.165) is 21.1 Å². The van der Waals surface area contributed by atoms with E-state index in [1.807, 2.05) is 54.6 Å². The minimum absolute atomic E-state index is 0.534. The average molecular weight is 286 g/mol. The summed E-state index contributed by atoms with van der Waals surface area (Å²) in [5.41, 5.74) is 0.876. The second-order valence-electron chi connectivity index (χ2n) is 4.45. The van der Waals surface area contributed by atoms with Crippen LogP contribution in [0.4, 0.5) is 0 Å². The fourth-order valence-electron chi connectivity index (χ4n) is 1.86. The van der Waals surface area contributed by atoms with Crippen LogP contribution in [0.15, 0.2) is 71.0 Å². The summed E-state index contributed by atoms with van der Waals surface area (Å²) in [5, 5.41) is 10.2. The predicted octanol–water partition coefficient (Wildman–Crippen LogP) is 4.42. The first-order valence-corrected chi connectivity index (χ1v) is 7.23. The summed E-state index contributed by atoms with van der Waals surface area (Å²) in [4.78, 5) is 2.08. The minimum Gasteiger partial charge on any atom is -0.497 e. The highest BCUT2D eigenvalue weighted by Crippen LogP contribution is 2.32. The molecular formula is C17H18O2S. The molecule has 0 spiro atoms. The molecule has 2 aromatic rings. The van der Waals surface area contributed by atoms with E-state index in [1.165, 1.54) is 0 Å². The van der Waals surface area contributed by atoms with E-state index in [0.29, 0.717) is 6.42 Å². The second kappa shape index (κ2) is 7.17. The van der Waals surface area contributed by atoms with E-state index in [2.05, 4.69) is 6.58 Å². The Morgan fingerprint density at radius 2 is 1.80 bits per heavy atom. The van der Waals surface area contributed by atoms with Crippen LogP contribution >= 0.6 is 11.8 Å². The molecule has 0 aliphatic heterocycles. The van der Waals surface area contributed by atoms with E-state index >= 15 is 0 Å². The number of aliphatic hydroxyl groups excluding tert-OH is 1. The largest absolute Gasteiger partial charge is 0.497 e. The summed E-state index contributed by atoms with van der Waals surface area (Å²) in [5.74, 6) is 0.790. The van der Waals surface area contributed by atoms with Gasteiger partial charge in [-0.15, -0.1) is 0 Å². The van der Waals surface area contributed by atoms with Crippen LogP contribution in [0, 0.1) is 0 Å². The van der Waals surface area contributed by atoms with Gasteiger partial charge >= 0.3 is 0 Å². The van der Waals surface area contributed by atoms with Gasteiger partial charge in [-0.25, -0.2) is 0 Å². The topological polar surface area (TPSA) is 29.5 Å². The van der Waals surface area contributed by atoms with E-state index < -0.39 is 6.10 Å². The Kier molecular flexibility index (Phi) is 5.27. The molecule has 0 amide bonds. The third-order valence-electron chi connectivity index (χ3n) is 2.93. The van der Waals surface area contributed by atoms with Crippen LogP contribution in [0.2, 0.25) is 0 Å². The first-order chi connectivity index (χ1) is 9.69. The van der Waals surface area contributed by atoms with Gasteiger partial charge in [0, 0.05) is 11.3 Å². The summed E-state index contributed by atoms with van der Waals surface area (Å²) in [6.45, 7) is 4.03. The van der Waals surface area contributed by atoms with Gasteiger partial charge in [0.1, 0.15) is 5.75 Å². The highest BCUT2D eigenvalue weighted by atomic mass is 32.2. The molecule has 0 fully saturated rings. The molecule has 3 heteroatoms. The lowest BCUT2D eigenvalue weighted by atomic mass is 10.1. The molecule has 0 heterocycles. The molecular weight excluding hydrogens is 268 g/mol. The van der Waals surface area contributed by atoms with E-state index in [4.69, 9.17) is 4.74 Å². The summed E-state index contributed by atoms with van der Waals surface area (Å²) in [6, 6.07) is 17.5. The number of hydrogen-bond acceptors (Lipinski definition) is 3. The molecule has 1 unspecified atom stereocenters. The highest BCUT2D eigenvalue weighted by molar-refractivity contribution is 8.03. The zero-order valence-electron chi connectivity index (χ0n) is 11.5. The molecule has 0 saturated heterocycles. The van der Waals surface area contributed by atoms with Crippen LogP contribution in [0.5, 0.6) is 5.75 Å². The molecule has 20 heavy (non-hydrogen) atoms. The van der Waals surface area contributed by atoms with Gasteiger partial charge in [0.2, 0.25) is 0 Å². The van der Waals surface area contributed by atoms with Crippen molar-refractivity contribution in [1.82, 2.24) is 0 Å². The Morgan fingerprint density at radius 1 is 1.15 bits per heavy atom. The quantitative estimate of drug-likeness (QED) is 0.797. The molecule has 1 atom stereocenters. The number of ether oxygens (including phenoxy) is 1. The van der Waals surface area contributed by atoms with E-state index in [9.17, 15) is 5.11 Å². The molecule has 0 aliphatic rings. The van der Waals surface area contributed by atoms with Gasteiger partial charge in [0.15, 0.2) is 0 Å². The summed E-state index contributed by atoms with van der Waals surface area (Å²) >= 11 is 1.60. The van der Waals surface area contributed by atoms with Crippen molar-refractivity contribution < 1.29 is 9.84 Å². The van der Waals surface area contributed by atoms with Crippen molar-refractivity contribution in [3.05, 3.63) is 71.6 Å². The van der Waals surface area contributed by atoms with Gasteiger partial charge in [0.25, 0.3) is 0 Å². The number of rotatable bonds is 6. The van der Waals surface area contributed by atoms with Crippen molar-refractivity contribution in [1.29, 1.82) is 0 Å². The monoisotopic (exact) mass is 286 g/mol. The zero-order chi connectivity index (χ0) is 14.4. The van der Waals surface area contributed by atoms with Gasteiger partial charge in [-0.3, -0.25) is 0 Å². The van der Waals surface area contributed by atoms with Crippen LogP contribution in [-0.4, -0.2) is 12.2 Å². The fraction of sp³-hybridized carbons (Fsp3) is 0.176. The van der Waals surface area contributed by atoms with Crippen molar-refractivity contribution in [2.75, 3.05) is 7.11 Å². The Morgan fingerprint density at radius 3 is 2.40 bits per heavy atom. The van der Waals surface area contributed by atoms with Crippen LogP contribution in [0.3, 0.4) is 0 Å². The molecule has 0 saturated carbocycles. The van der Waals surface area contributed by atoms with Crippen molar-refractivity contribution in [2.24, 2.45) is 0 Å². The minimum atomic E-state index is -0.537. The molecule has 0 radical (unpaired) electrons. The maximum absolute atomic E-state index is 10.2. The van der Waals surface area contributed by atoms with Crippen LogP contribution in [-0.2, 0) is 0 Å². The van der Waals surface area contributed by atoms with Crippen molar-refractivity contribution in [3.8, 4) is 5.75 Å². The molecule has 2 nitrogen and oxygen atoms in total. The van der Waals surface area contributed by atoms with Gasteiger partial charge < -0.3 is 9.84 Å². The van der Waals surface area contributed by atoms with Gasteiger partial charge in [-0.05, 0) is 34.7 Å². The van der Waals surface area contributed by atoms with Crippen molar-refractivity contribution >= 4 is 11.8 Å². The number of hydrogen-bond donors (Lipinski definition) is 1. The van der Waals surface area contributed by atoms with Gasteiger partial charge in [0.05, 0.1) is 13.2 Å². The first-order valence-electron chi connectivity index (χ1n) is 6.41. The van der Waals surface area contributed by atoms with Gasteiger partial charge in [-0.2, -0.15) is 0 Å².